The lowest BCUT2D eigenvalue weighted by Gasteiger charge is -2.26. The van der Waals surface area contributed by atoms with Gasteiger partial charge in [0.05, 0.1) is 6.10 Å². The molecule has 1 heterocycles. The summed E-state index contributed by atoms with van der Waals surface area (Å²) in [6.45, 7) is 4.06. The van der Waals surface area contributed by atoms with Crippen molar-refractivity contribution in [3.63, 3.8) is 0 Å². The Morgan fingerprint density at radius 2 is 1.64 bits per heavy atom. The summed E-state index contributed by atoms with van der Waals surface area (Å²) < 4.78 is 0. The Hall–Kier alpha value is -1.61. The predicted octanol–water partition coefficient (Wildman–Crippen LogP) is 6.12. The van der Waals surface area contributed by atoms with E-state index in [1.807, 2.05) is 23.1 Å². The van der Waals surface area contributed by atoms with Gasteiger partial charge in [0.2, 0.25) is 5.91 Å². The second-order valence-electron chi connectivity index (χ2n) is 7.62. The summed E-state index contributed by atoms with van der Waals surface area (Å²) in [5.74, 6) is 0.248. The molecule has 1 N–H and O–H groups in total. The number of aliphatic hydroxyl groups excluding tert-OH is 1. The molecule has 1 fully saturated rings. The lowest BCUT2D eigenvalue weighted by Crippen LogP contribution is -2.35. The van der Waals surface area contributed by atoms with Crippen LogP contribution in [0.4, 0.5) is 0 Å². The molecule has 1 rings (SSSR count). The van der Waals surface area contributed by atoms with E-state index in [1.54, 1.807) is 0 Å². The number of amides is 1. The molecular formula is C25H41NO2. The molecule has 0 radical (unpaired) electrons. The van der Waals surface area contributed by atoms with E-state index in [0.29, 0.717) is 12.8 Å². The third-order valence-electron chi connectivity index (χ3n) is 5.03. The summed E-state index contributed by atoms with van der Waals surface area (Å²) in [5.41, 5.74) is 0. The van der Waals surface area contributed by atoms with Crippen molar-refractivity contribution >= 4 is 5.91 Å². The summed E-state index contributed by atoms with van der Waals surface area (Å²) in [6.07, 6.45) is 28.7. The van der Waals surface area contributed by atoms with Crippen molar-refractivity contribution in [2.75, 3.05) is 13.1 Å². The summed E-state index contributed by atoms with van der Waals surface area (Å²) in [4.78, 5) is 14.0. The van der Waals surface area contributed by atoms with Crippen LogP contribution in [0.25, 0.3) is 0 Å². The Balaban J connectivity index is 2.02. The van der Waals surface area contributed by atoms with E-state index in [9.17, 15) is 9.90 Å². The quantitative estimate of drug-likeness (QED) is 0.222. The Labute approximate surface area is 172 Å². The van der Waals surface area contributed by atoms with E-state index in [0.717, 1.165) is 45.2 Å². The zero-order chi connectivity index (χ0) is 20.3. The normalized spacial score (nSPS) is 16.9. The number of carbonyl (C=O) groups excluding carboxylic acids is 1. The van der Waals surface area contributed by atoms with Gasteiger partial charge in [-0.1, -0.05) is 68.4 Å². The summed E-state index contributed by atoms with van der Waals surface area (Å²) >= 11 is 0. The van der Waals surface area contributed by atoms with Crippen molar-refractivity contribution in [1.29, 1.82) is 0 Å². The summed E-state index contributed by atoms with van der Waals surface area (Å²) in [5, 5.41) is 9.98. The number of rotatable bonds is 14. The lowest BCUT2D eigenvalue weighted by atomic mass is 10.1. The highest BCUT2D eigenvalue weighted by atomic mass is 16.3. The highest BCUT2D eigenvalue weighted by Crippen LogP contribution is 2.12. The molecule has 158 valence electrons. The fraction of sp³-hybridized carbons (Fsp3) is 0.640. The third-order valence-corrected chi connectivity index (χ3v) is 5.03. The van der Waals surface area contributed by atoms with Crippen molar-refractivity contribution in [2.24, 2.45) is 0 Å². The van der Waals surface area contributed by atoms with Crippen molar-refractivity contribution in [1.82, 2.24) is 4.90 Å². The molecule has 0 aromatic rings. The van der Waals surface area contributed by atoms with Gasteiger partial charge in [-0.05, 0) is 57.8 Å². The van der Waals surface area contributed by atoms with Gasteiger partial charge in [-0.25, -0.2) is 0 Å². The van der Waals surface area contributed by atoms with Crippen LogP contribution in [0.15, 0.2) is 48.6 Å². The molecule has 28 heavy (non-hydrogen) atoms. The molecule has 3 heteroatoms. The first kappa shape index (κ1) is 24.4. The number of aliphatic hydroxyl groups is 1. The zero-order valence-corrected chi connectivity index (χ0v) is 17.9. The van der Waals surface area contributed by atoms with Gasteiger partial charge < -0.3 is 10.0 Å². The van der Waals surface area contributed by atoms with Crippen LogP contribution in [0.5, 0.6) is 0 Å². The maximum Gasteiger partial charge on any atom is 0.222 e. The maximum atomic E-state index is 12.1. The van der Waals surface area contributed by atoms with Crippen LogP contribution in [0, 0.1) is 0 Å². The van der Waals surface area contributed by atoms with Crippen molar-refractivity contribution < 1.29 is 9.90 Å². The Morgan fingerprint density at radius 3 is 2.39 bits per heavy atom. The van der Waals surface area contributed by atoms with E-state index in [1.165, 1.54) is 32.1 Å². The van der Waals surface area contributed by atoms with Crippen molar-refractivity contribution in [2.45, 2.75) is 90.1 Å². The van der Waals surface area contributed by atoms with Crippen LogP contribution in [0.2, 0.25) is 0 Å². The Morgan fingerprint density at radius 1 is 0.929 bits per heavy atom. The fourth-order valence-electron chi connectivity index (χ4n) is 3.29. The minimum Gasteiger partial charge on any atom is -0.389 e. The molecule has 0 spiro atoms. The number of piperidine rings is 1. The van der Waals surface area contributed by atoms with Gasteiger partial charge in [-0.15, -0.1) is 0 Å². The van der Waals surface area contributed by atoms with Gasteiger partial charge in [0, 0.05) is 19.5 Å². The first-order valence-corrected chi connectivity index (χ1v) is 11.3. The number of likely N-dealkylation sites (tertiary alicyclic amines) is 1. The van der Waals surface area contributed by atoms with Gasteiger partial charge in [0.1, 0.15) is 0 Å². The zero-order valence-electron chi connectivity index (χ0n) is 17.9. The van der Waals surface area contributed by atoms with Crippen molar-refractivity contribution in [3.05, 3.63) is 48.6 Å². The highest BCUT2D eigenvalue weighted by Gasteiger charge is 2.15. The fourth-order valence-corrected chi connectivity index (χ4v) is 3.29. The highest BCUT2D eigenvalue weighted by molar-refractivity contribution is 5.76. The van der Waals surface area contributed by atoms with Crippen LogP contribution < -0.4 is 0 Å². The standard InChI is InChI=1S/C25H41NO2/c1-2-3-4-5-6-7-8-9-10-11-12-13-15-19-24(27)20-18-21-25(28)26-22-16-14-17-23-26/h6-7,9-10,12-13,15,19,24,27H,2-5,8,11,14,16-18,20-23H2,1H3/b7-6-,10-9-,13-12-,19-15+. The molecule has 1 atom stereocenters. The van der Waals surface area contributed by atoms with Crippen molar-refractivity contribution in [3.8, 4) is 0 Å². The van der Waals surface area contributed by atoms with Gasteiger partial charge in [0.15, 0.2) is 0 Å². The number of hydrogen-bond donors (Lipinski definition) is 1. The molecular weight excluding hydrogens is 346 g/mol. The first-order chi connectivity index (χ1) is 13.7. The molecule has 1 unspecified atom stereocenters. The van der Waals surface area contributed by atoms with Gasteiger partial charge >= 0.3 is 0 Å². The summed E-state index contributed by atoms with van der Waals surface area (Å²) in [6, 6.07) is 0. The maximum absolute atomic E-state index is 12.1. The Kier molecular flexibility index (Phi) is 15.3. The van der Waals surface area contributed by atoms with E-state index >= 15 is 0 Å². The molecule has 3 nitrogen and oxygen atoms in total. The smallest absolute Gasteiger partial charge is 0.222 e. The number of hydrogen-bond acceptors (Lipinski definition) is 2. The van der Waals surface area contributed by atoms with Gasteiger partial charge in [0.25, 0.3) is 0 Å². The van der Waals surface area contributed by atoms with Crippen LogP contribution in [0.3, 0.4) is 0 Å². The van der Waals surface area contributed by atoms with Crippen LogP contribution in [-0.4, -0.2) is 35.1 Å². The minimum absolute atomic E-state index is 0.248. The summed E-state index contributed by atoms with van der Waals surface area (Å²) in [7, 11) is 0. The van der Waals surface area contributed by atoms with E-state index < -0.39 is 6.10 Å². The van der Waals surface area contributed by atoms with Gasteiger partial charge in [-0.3, -0.25) is 4.79 Å². The van der Waals surface area contributed by atoms with Crippen LogP contribution in [0.1, 0.15) is 84.0 Å². The molecule has 0 bridgehead atoms. The molecule has 1 aliphatic rings. The third kappa shape index (κ3) is 13.5. The number of carbonyl (C=O) groups is 1. The SMILES string of the molecule is CCCCC/C=C\C/C=C\C/C=C\C=C\C(O)CCCC(=O)N1CCCCC1. The van der Waals surface area contributed by atoms with Crippen LogP contribution >= 0.6 is 0 Å². The monoisotopic (exact) mass is 387 g/mol. The number of nitrogens with zero attached hydrogens (tertiary/aromatic N) is 1. The molecule has 0 saturated carbocycles. The number of unbranched alkanes of at least 4 members (excludes halogenated alkanes) is 3. The molecule has 0 aromatic carbocycles. The molecule has 1 saturated heterocycles. The van der Waals surface area contributed by atoms with Gasteiger partial charge in [-0.2, -0.15) is 0 Å². The Bertz CT molecular complexity index is 499. The average molecular weight is 388 g/mol. The first-order valence-electron chi connectivity index (χ1n) is 11.3. The molecule has 0 aliphatic carbocycles. The largest absolute Gasteiger partial charge is 0.389 e. The second kappa shape index (κ2) is 17.5. The van der Waals surface area contributed by atoms with E-state index in [2.05, 4.69) is 37.3 Å². The van der Waals surface area contributed by atoms with Crippen LogP contribution in [-0.2, 0) is 4.79 Å². The predicted molar refractivity (Wildman–Crippen MR) is 120 cm³/mol. The molecule has 0 aromatic heterocycles. The molecule has 1 amide bonds. The van der Waals surface area contributed by atoms with E-state index in [-0.39, 0.29) is 5.91 Å². The second-order valence-corrected chi connectivity index (χ2v) is 7.62. The lowest BCUT2D eigenvalue weighted by molar-refractivity contribution is -0.132. The minimum atomic E-state index is -0.466. The molecule has 1 aliphatic heterocycles. The topological polar surface area (TPSA) is 40.5 Å². The average Bonchev–Trinajstić information content (AvgIpc) is 2.72. The number of allylic oxidation sites excluding steroid dienone is 7. The van der Waals surface area contributed by atoms with E-state index in [4.69, 9.17) is 0 Å².